The molecule has 0 aromatic rings. The van der Waals surface area contributed by atoms with Crippen molar-refractivity contribution in [3.8, 4) is 0 Å². The minimum absolute atomic E-state index is 0.473. The van der Waals surface area contributed by atoms with Crippen LogP contribution in [0.1, 0.15) is 19.8 Å². The monoisotopic (exact) mass is 143 g/mol. The number of rotatable bonds is 1. The maximum atomic E-state index is 5.27. The highest BCUT2D eigenvalue weighted by Crippen LogP contribution is 2.16. The molecule has 0 N–H and O–H groups in total. The van der Waals surface area contributed by atoms with Gasteiger partial charge in [0.15, 0.2) is 0 Å². The van der Waals surface area contributed by atoms with Crippen LogP contribution in [-0.2, 0) is 4.74 Å². The Morgan fingerprint density at radius 1 is 1.40 bits per heavy atom. The Morgan fingerprint density at radius 3 is 2.60 bits per heavy atom. The third kappa shape index (κ3) is 1.70. The van der Waals surface area contributed by atoms with Crippen LogP contribution in [0.5, 0.6) is 0 Å². The van der Waals surface area contributed by atoms with E-state index < -0.39 is 0 Å². The largest absolute Gasteiger partial charge is 0.380 e. The van der Waals surface area contributed by atoms with Crippen molar-refractivity contribution in [2.75, 3.05) is 20.7 Å². The molecular weight excluding hydrogens is 126 g/mol. The van der Waals surface area contributed by atoms with E-state index in [4.69, 9.17) is 4.74 Å². The van der Waals surface area contributed by atoms with E-state index in [1.54, 1.807) is 7.11 Å². The van der Waals surface area contributed by atoms with Crippen molar-refractivity contribution in [1.82, 2.24) is 4.90 Å². The van der Waals surface area contributed by atoms with Gasteiger partial charge in [-0.15, -0.1) is 0 Å². The molecule has 2 heteroatoms. The van der Waals surface area contributed by atoms with Crippen molar-refractivity contribution in [3.05, 3.63) is 0 Å². The number of likely N-dealkylation sites (N-methyl/N-ethyl adjacent to an activating group) is 1. The zero-order chi connectivity index (χ0) is 7.56. The van der Waals surface area contributed by atoms with E-state index in [2.05, 4.69) is 18.9 Å². The molecular formula is C8H17NO. The van der Waals surface area contributed by atoms with Crippen LogP contribution >= 0.6 is 0 Å². The molecule has 0 spiro atoms. The van der Waals surface area contributed by atoms with E-state index in [0.717, 1.165) is 12.6 Å². The number of likely N-dealkylation sites (tertiary alicyclic amines) is 1. The van der Waals surface area contributed by atoms with Crippen molar-refractivity contribution in [3.63, 3.8) is 0 Å². The van der Waals surface area contributed by atoms with E-state index in [-0.39, 0.29) is 0 Å². The Balaban J connectivity index is 2.33. The van der Waals surface area contributed by atoms with Gasteiger partial charge in [-0.2, -0.15) is 0 Å². The SMILES string of the molecule is CO[C@H]1CC[C@H](C)N(C)C1. The first-order valence-electron chi connectivity index (χ1n) is 3.97. The highest BCUT2D eigenvalue weighted by atomic mass is 16.5. The second-order valence-corrected chi connectivity index (χ2v) is 3.22. The van der Waals surface area contributed by atoms with E-state index in [1.165, 1.54) is 12.8 Å². The molecule has 1 rings (SSSR count). The van der Waals surface area contributed by atoms with Crippen LogP contribution in [-0.4, -0.2) is 37.7 Å². The Bertz CT molecular complexity index is 105. The second-order valence-electron chi connectivity index (χ2n) is 3.22. The van der Waals surface area contributed by atoms with Crippen LogP contribution in [0.2, 0.25) is 0 Å². The highest BCUT2D eigenvalue weighted by molar-refractivity contribution is 4.76. The van der Waals surface area contributed by atoms with Crippen molar-refractivity contribution < 1.29 is 4.74 Å². The molecule has 2 atom stereocenters. The van der Waals surface area contributed by atoms with Gasteiger partial charge >= 0.3 is 0 Å². The van der Waals surface area contributed by atoms with Crippen LogP contribution in [0.15, 0.2) is 0 Å². The van der Waals surface area contributed by atoms with E-state index in [1.807, 2.05) is 0 Å². The average Bonchev–Trinajstić information content (AvgIpc) is 1.95. The van der Waals surface area contributed by atoms with Crippen molar-refractivity contribution in [1.29, 1.82) is 0 Å². The molecule has 0 bridgehead atoms. The predicted octanol–water partition coefficient (Wildman–Crippen LogP) is 1.12. The summed E-state index contributed by atoms with van der Waals surface area (Å²) in [7, 11) is 3.96. The fraction of sp³-hybridized carbons (Fsp3) is 1.00. The minimum atomic E-state index is 0.473. The van der Waals surface area contributed by atoms with E-state index in [0.29, 0.717) is 6.10 Å². The Labute approximate surface area is 63.2 Å². The van der Waals surface area contributed by atoms with Gasteiger partial charge in [0.25, 0.3) is 0 Å². The van der Waals surface area contributed by atoms with E-state index >= 15 is 0 Å². The lowest BCUT2D eigenvalue weighted by atomic mass is 10.0. The van der Waals surface area contributed by atoms with Gasteiger partial charge in [0.05, 0.1) is 6.10 Å². The lowest BCUT2D eigenvalue weighted by Gasteiger charge is -2.34. The van der Waals surface area contributed by atoms with Crippen LogP contribution in [0.4, 0.5) is 0 Å². The first-order valence-corrected chi connectivity index (χ1v) is 3.97. The molecule has 0 aromatic carbocycles. The average molecular weight is 143 g/mol. The first kappa shape index (κ1) is 8.02. The standard InChI is InChI=1S/C8H17NO/c1-7-4-5-8(10-3)6-9(7)2/h7-8H,4-6H2,1-3H3/t7-,8-/m0/s1. The smallest absolute Gasteiger partial charge is 0.0698 e. The van der Waals surface area contributed by atoms with Crippen LogP contribution in [0, 0.1) is 0 Å². The molecule has 1 fully saturated rings. The number of ether oxygens (including phenoxy) is 1. The minimum Gasteiger partial charge on any atom is -0.380 e. The summed E-state index contributed by atoms with van der Waals surface area (Å²) in [5.74, 6) is 0. The van der Waals surface area contributed by atoms with Crippen molar-refractivity contribution >= 4 is 0 Å². The van der Waals surface area contributed by atoms with Gasteiger partial charge < -0.3 is 9.64 Å². The summed E-state index contributed by atoms with van der Waals surface area (Å²) in [4.78, 5) is 2.36. The number of methoxy groups -OCH3 is 1. The molecule has 0 radical (unpaired) electrons. The van der Waals surface area contributed by atoms with Gasteiger partial charge in [-0.05, 0) is 26.8 Å². The summed E-state index contributed by atoms with van der Waals surface area (Å²) < 4.78 is 5.27. The van der Waals surface area contributed by atoms with Crippen molar-refractivity contribution in [2.45, 2.75) is 31.9 Å². The second kappa shape index (κ2) is 3.35. The molecule has 1 saturated heterocycles. The summed E-state index contributed by atoms with van der Waals surface area (Å²) in [5.41, 5.74) is 0. The normalized spacial score (nSPS) is 36.3. The molecule has 0 amide bonds. The van der Waals surface area contributed by atoms with Gasteiger partial charge in [-0.1, -0.05) is 0 Å². The summed E-state index contributed by atoms with van der Waals surface area (Å²) in [6.07, 6.45) is 2.97. The predicted molar refractivity (Wildman–Crippen MR) is 42.1 cm³/mol. The topological polar surface area (TPSA) is 12.5 Å². The van der Waals surface area contributed by atoms with Crippen molar-refractivity contribution in [2.24, 2.45) is 0 Å². The third-order valence-electron chi connectivity index (χ3n) is 2.48. The van der Waals surface area contributed by atoms with Gasteiger partial charge in [0.1, 0.15) is 0 Å². The maximum absolute atomic E-state index is 5.27. The number of hydrogen-bond acceptors (Lipinski definition) is 2. The molecule has 0 unspecified atom stereocenters. The molecule has 0 saturated carbocycles. The molecule has 10 heavy (non-hydrogen) atoms. The zero-order valence-electron chi connectivity index (χ0n) is 7.13. The summed E-state index contributed by atoms with van der Waals surface area (Å²) in [6.45, 7) is 3.36. The Kier molecular flexibility index (Phi) is 2.69. The molecule has 1 aliphatic rings. The third-order valence-corrected chi connectivity index (χ3v) is 2.48. The molecule has 60 valence electrons. The maximum Gasteiger partial charge on any atom is 0.0698 e. The quantitative estimate of drug-likeness (QED) is 0.545. The Morgan fingerprint density at radius 2 is 2.10 bits per heavy atom. The number of nitrogens with zero attached hydrogens (tertiary/aromatic N) is 1. The highest BCUT2D eigenvalue weighted by Gasteiger charge is 2.21. The summed E-state index contributed by atoms with van der Waals surface area (Å²) in [5, 5.41) is 0. The summed E-state index contributed by atoms with van der Waals surface area (Å²) in [6, 6.07) is 0.742. The Hall–Kier alpha value is -0.0800. The summed E-state index contributed by atoms with van der Waals surface area (Å²) >= 11 is 0. The van der Waals surface area contributed by atoms with Crippen LogP contribution in [0.25, 0.3) is 0 Å². The number of piperidine rings is 1. The lowest BCUT2D eigenvalue weighted by Crippen LogP contribution is -2.41. The van der Waals surface area contributed by atoms with Gasteiger partial charge in [0.2, 0.25) is 0 Å². The van der Waals surface area contributed by atoms with Crippen LogP contribution in [0.3, 0.4) is 0 Å². The van der Waals surface area contributed by atoms with Gasteiger partial charge in [0, 0.05) is 19.7 Å². The molecule has 1 heterocycles. The van der Waals surface area contributed by atoms with Gasteiger partial charge in [-0.3, -0.25) is 0 Å². The molecule has 0 aromatic heterocycles. The fourth-order valence-electron chi connectivity index (χ4n) is 1.43. The van der Waals surface area contributed by atoms with Crippen LogP contribution < -0.4 is 0 Å². The zero-order valence-corrected chi connectivity index (χ0v) is 7.13. The number of hydrogen-bond donors (Lipinski definition) is 0. The molecule has 0 aliphatic carbocycles. The molecule has 1 aliphatic heterocycles. The van der Waals surface area contributed by atoms with E-state index in [9.17, 15) is 0 Å². The first-order chi connectivity index (χ1) is 4.74. The molecule has 2 nitrogen and oxygen atoms in total. The lowest BCUT2D eigenvalue weighted by molar-refractivity contribution is 0.0212. The van der Waals surface area contributed by atoms with Gasteiger partial charge in [-0.25, -0.2) is 0 Å². The fourth-order valence-corrected chi connectivity index (χ4v) is 1.43.